The van der Waals surface area contributed by atoms with Crippen molar-refractivity contribution in [3.63, 3.8) is 0 Å². The SMILES string of the molecule is O=C(O)CN1CCCN(S(=O)(=O)Cc2ccccc2)CC1. The summed E-state index contributed by atoms with van der Waals surface area (Å²) in [6.07, 6.45) is 0.654. The molecule has 0 amide bonds. The van der Waals surface area contributed by atoms with Crippen LogP contribution in [0.1, 0.15) is 12.0 Å². The van der Waals surface area contributed by atoms with Crippen LogP contribution in [0.4, 0.5) is 0 Å². The van der Waals surface area contributed by atoms with Crippen molar-refractivity contribution in [1.82, 2.24) is 9.21 Å². The van der Waals surface area contributed by atoms with Gasteiger partial charge in [-0.15, -0.1) is 0 Å². The topological polar surface area (TPSA) is 77.9 Å². The maximum Gasteiger partial charge on any atom is 0.317 e. The van der Waals surface area contributed by atoms with Gasteiger partial charge < -0.3 is 5.11 Å². The van der Waals surface area contributed by atoms with Crippen LogP contribution >= 0.6 is 0 Å². The fourth-order valence-corrected chi connectivity index (χ4v) is 4.01. The van der Waals surface area contributed by atoms with Crippen LogP contribution in [0.5, 0.6) is 0 Å². The van der Waals surface area contributed by atoms with E-state index in [1.54, 1.807) is 17.0 Å². The number of benzene rings is 1. The molecule has 1 fully saturated rings. The molecule has 6 nitrogen and oxygen atoms in total. The predicted octanol–water partition coefficient (Wildman–Crippen LogP) is 0.609. The molecule has 0 unspecified atom stereocenters. The highest BCUT2D eigenvalue weighted by molar-refractivity contribution is 7.88. The molecule has 0 saturated carbocycles. The molecule has 0 radical (unpaired) electrons. The van der Waals surface area contributed by atoms with Crippen molar-refractivity contribution in [3.05, 3.63) is 35.9 Å². The van der Waals surface area contributed by atoms with Gasteiger partial charge in [0.1, 0.15) is 0 Å². The molecule has 0 atom stereocenters. The van der Waals surface area contributed by atoms with Crippen LogP contribution in [-0.2, 0) is 20.6 Å². The average Bonchev–Trinajstić information content (AvgIpc) is 2.65. The van der Waals surface area contributed by atoms with Gasteiger partial charge in [-0.3, -0.25) is 9.69 Å². The first-order valence-electron chi connectivity index (χ1n) is 6.93. The number of carbonyl (C=O) groups is 1. The monoisotopic (exact) mass is 312 g/mol. The molecule has 0 bridgehead atoms. The average molecular weight is 312 g/mol. The van der Waals surface area contributed by atoms with Crippen molar-refractivity contribution in [1.29, 1.82) is 0 Å². The van der Waals surface area contributed by atoms with E-state index in [4.69, 9.17) is 5.11 Å². The molecule has 0 spiro atoms. The lowest BCUT2D eigenvalue weighted by Gasteiger charge is -2.20. The number of rotatable bonds is 5. The summed E-state index contributed by atoms with van der Waals surface area (Å²) in [5, 5.41) is 8.80. The van der Waals surface area contributed by atoms with Gasteiger partial charge in [-0.05, 0) is 12.0 Å². The summed E-state index contributed by atoms with van der Waals surface area (Å²) >= 11 is 0. The Balaban J connectivity index is 1.99. The zero-order valence-electron chi connectivity index (χ0n) is 11.8. The smallest absolute Gasteiger partial charge is 0.317 e. The van der Waals surface area contributed by atoms with Crippen LogP contribution in [-0.4, -0.2) is 61.4 Å². The van der Waals surface area contributed by atoms with Crippen LogP contribution in [0.25, 0.3) is 0 Å². The Morgan fingerprint density at radius 3 is 2.48 bits per heavy atom. The summed E-state index contributed by atoms with van der Waals surface area (Å²) in [7, 11) is -3.35. The molecule has 0 aromatic heterocycles. The highest BCUT2D eigenvalue weighted by atomic mass is 32.2. The molecule has 2 rings (SSSR count). The molecule has 7 heteroatoms. The normalized spacial score (nSPS) is 18.3. The molecule has 1 heterocycles. The number of carboxylic acid groups (broad SMARTS) is 1. The molecule has 1 aliphatic rings. The second kappa shape index (κ2) is 7.02. The zero-order valence-corrected chi connectivity index (χ0v) is 12.6. The summed E-state index contributed by atoms with van der Waals surface area (Å²) in [6, 6.07) is 9.09. The van der Waals surface area contributed by atoms with Gasteiger partial charge in [-0.1, -0.05) is 30.3 Å². The number of hydrogen-bond acceptors (Lipinski definition) is 4. The molecule has 1 saturated heterocycles. The third kappa shape index (κ3) is 4.80. The number of aliphatic carboxylic acids is 1. The summed E-state index contributed by atoms with van der Waals surface area (Å²) < 4.78 is 26.3. The number of sulfonamides is 1. The van der Waals surface area contributed by atoms with E-state index < -0.39 is 16.0 Å². The van der Waals surface area contributed by atoms with Gasteiger partial charge in [0.25, 0.3) is 0 Å². The molecular formula is C14H20N2O4S. The maximum absolute atomic E-state index is 12.4. The van der Waals surface area contributed by atoms with Crippen LogP contribution in [0.3, 0.4) is 0 Å². The molecule has 1 N–H and O–H groups in total. The van der Waals surface area contributed by atoms with Crippen LogP contribution in [0, 0.1) is 0 Å². The minimum absolute atomic E-state index is 0.00717. The predicted molar refractivity (Wildman–Crippen MR) is 79.3 cm³/mol. The Kier molecular flexibility index (Phi) is 5.33. The van der Waals surface area contributed by atoms with E-state index in [2.05, 4.69) is 0 Å². The second-order valence-electron chi connectivity index (χ2n) is 5.16. The van der Waals surface area contributed by atoms with E-state index >= 15 is 0 Å². The summed E-state index contributed by atoms with van der Waals surface area (Å²) in [5.41, 5.74) is 0.768. The lowest BCUT2D eigenvalue weighted by Crippen LogP contribution is -2.37. The maximum atomic E-state index is 12.4. The van der Waals surface area contributed by atoms with E-state index in [9.17, 15) is 13.2 Å². The third-order valence-electron chi connectivity index (χ3n) is 3.49. The van der Waals surface area contributed by atoms with Crippen molar-refractivity contribution in [2.24, 2.45) is 0 Å². The van der Waals surface area contributed by atoms with Crippen molar-refractivity contribution in [3.8, 4) is 0 Å². The van der Waals surface area contributed by atoms with Crippen molar-refractivity contribution in [2.45, 2.75) is 12.2 Å². The lowest BCUT2D eigenvalue weighted by molar-refractivity contribution is -0.138. The van der Waals surface area contributed by atoms with E-state index in [0.717, 1.165) is 5.56 Å². The van der Waals surface area contributed by atoms with Gasteiger partial charge in [-0.25, -0.2) is 12.7 Å². The fourth-order valence-electron chi connectivity index (χ4n) is 2.45. The summed E-state index contributed by atoms with van der Waals surface area (Å²) in [4.78, 5) is 12.5. The minimum Gasteiger partial charge on any atom is -0.480 e. The van der Waals surface area contributed by atoms with Gasteiger partial charge in [0.2, 0.25) is 10.0 Å². The standard InChI is InChI=1S/C14H20N2O4S/c17-14(18)11-15-7-4-8-16(10-9-15)21(19,20)12-13-5-2-1-3-6-13/h1-3,5-6H,4,7-12H2,(H,17,18). The lowest BCUT2D eigenvalue weighted by atomic mass is 10.2. The number of nitrogens with zero attached hydrogens (tertiary/aromatic N) is 2. The van der Waals surface area contributed by atoms with Crippen molar-refractivity contribution < 1.29 is 18.3 Å². The van der Waals surface area contributed by atoms with E-state index in [-0.39, 0.29) is 12.3 Å². The fraction of sp³-hybridized carbons (Fsp3) is 0.500. The Bertz CT molecular complexity index is 574. The van der Waals surface area contributed by atoms with E-state index in [0.29, 0.717) is 32.6 Å². The number of hydrogen-bond donors (Lipinski definition) is 1. The molecule has 116 valence electrons. The third-order valence-corrected chi connectivity index (χ3v) is 5.34. The molecule has 21 heavy (non-hydrogen) atoms. The first-order chi connectivity index (χ1) is 9.97. The second-order valence-corrected chi connectivity index (χ2v) is 7.13. The molecular weight excluding hydrogens is 292 g/mol. The van der Waals surface area contributed by atoms with Gasteiger partial charge in [0.15, 0.2) is 0 Å². The molecule has 1 aromatic carbocycles. The van der Waals surface area contributed by atoms with Gasteiger partial charge >= 0.3 is 5.97 Å². The van der Waals surface area contributed by atoms with Gasteiger partial charge in [0, 0.05) is 26.2 Å². The van der Waals surface area contributed by atoms with E-state index in [1.165, 1.54) is 4.31 Å². The molecule has 1 aliphatic heterocycles. The van der Waals surface area contributed by atoms with Crippen molar-refractivity contribution >= 4 is 16.0 Å². The van der Waals surface area contributed by atoms with Crippen LogP contribution in [0.2, 0.25) is 0 Å². The Labute approximate surface area is 125 Å². The highest BCUT2D eigenvalue weighted by Crippen LogP contribution is 2.13. The van der Waals surface area contributed by atoms with Crippen LogP contribution in [0.15, 0.2) is 30.3 Å². The highest BCUT2D eigenvalue weighted by Gasteiger charge is 2.25. The Morgan fingerprint density at radius 2 is 1.81 bits per heavy atom. The van der Waals surface area contributed by atoms with Gasteiger partial charge in [-0.2, -0.15) is 0 Å². The largest absolute Gasteiger partial charge is 0.480 e. The van der Waals surface area contributed by atoms with E-state index in [1.807, 2.05) is 18.2 Å². The summed E-state index contributed by atoms with van der Waals surface area (Å²) in [6.45, 7) is 1.84. The summed E-state index contributed by atoms with van der Waals surface area (Å²) in [5.74, 6) is -0.886. The first kappa shape index (κ1) is 15.9. The Morgan fingerprint density at radius 1 is 1.10 bits per heavy atom. The first-order valence-corrected chi connectivity index (χ1v) is 8.54. The van der Waals surface area contributed by atoms with Gasteiger partial charge in [0.05, 0.1) is 12.3 Å². The van der Waals surface area contributed by atoms with Crippen molar-refractivity contribution in [2.75, 3.05) is 32.7 Å². The molecule has 0 aliphatic carbocycles. The number of carboxylic acids is 1. The quantitative estimate of drug-likeness (QED) is 0.862. The Hall–Kier alpha value is -1.44. The molecule has 1 aromatic rings. The van der Waals surface area contributed by atoms with Crippen LogP contribution < -0.4 is 0 Å². The minimum atomic E-state index is -3.35. The zero-order chi connectivity index (χ0) is 15.3.